The van der Waals surface area contributed by atoms with Gasteiger partial charge in [0.1, 0.15) is 11.3 Å². The Morgan fingerprint density at radius 2 is 1.88 bits per heavy atom. The van der Waals surface area contributed by atoms with E-state index in [9.17, 15) is 4.79 Å². The number of carbonyl (C=O) groups is 1. The van der Waals surface area contributed by atoms with Crippen LogP contribution in [0.25, 0.3) is 11.0 Å². The highest BCUT2D eigenvalue weighted by atomic mass is 16.3. The van der Waals surface area contributed by atoms with E-state index >= 15 is 0 Å². The van der Waals surface area contributed by atoms with Crippen LogP contribution in [0.1, 0.15) is 41.8 Å². The van der Waals surface area contributed by atoms with Crippen LogP contribution in [-0.4, -0.2) is 17.9 Å². The van der Waals surface area contributed by atoms with Gasteiger partial charge < -0.3 is 9.32 Å². The van der Waals surface area contributed by atoms with E-state index in [0.29, 0.717) is 6.42 Å². The van der Waals surface area contributed by atoms with E-state index in [2.05, 4.69) is 32.0 Å². The number of amides is 1. The summed E-state index contributed by atoms with van der Waals surface area (Å²) in [6, 6.07) is 16.3. The van der Waals surface area contributed by atoms with Crippen molar-refractivity contribution in [2.24, 2.45) is 0 Å². The predicted molar refractivity (Wildman–Crippen MR) is 102 cm³/mol. The Kier molecular flexibility index (Phi) is 4.93. The van der Waals surface area contributed by atoms with E-state index in [1.165, 1.54) is 16.7 Å². The molecule has 0 aliphatic carbocycles. The minimum Gasteiger partial charge on any atom is -0.459 e. The van der Waals surface area contributed by atoms with E-state index in [0.717, 1.165) is 23.2 Å². The molecular weight excluding hydrogens is 310 g/mol. The molecule has 1 unspecified atom stereocenters. The molecule has 1 heterocycles. The molecule has 1 atom stereocenters. The number of fused-ring (bicyclic) bond motifs is 1. The Labute approximate surface area is 149 Å². The molecule has 1 aromatic heterocycles. The lowest BCUT2D eigenvalue weighted by atomic mass is 10.0. The maximum Gasteiger partial charge on any atom is 0.223 e. The molecule has 0 N–H and O–H groups in total. The van der Waals surface area contributed by atoms with Crippen LogP contribution in [0.4, 0.5) is 0 Å². The molecule has 0 radical (unpaired) electrons. The highest BCUT2D eigenvalue weighted by Crippen LogP contribution is 2.27. The van der Waals surface area contributed by atoms with Crippen molar-refractivity contribution < 1.29 is 9.21 Å². The average molecular weight is 335 g/mol. The van der Waals surface area contributed by atoms with E-state index < -0.39 is 0 Å². The zero-order chi connectivity index (χ0) is 18.0. The van der Waals surface area contributed by atoms with Gasteiger partial charge in [0.2, 0.25) is 5.91 Å². The van der Waals surface area contributed by atoms with Crippen molar-refractivity contribution in [3.63, 3.8) is 0 Å². The molecule has 0 saturated carbocycles. The Bertz CT molecular complexity index is 861. The number of rotatable bonds is 5. The van der Waals surface area contributed by atoms with Crippen LogP contribution >= 0.6 is 0 Å². The summed E-state index contributed by atoms with van der Waals surface area (Å²) in [5.74, 6) is 0.955. The minimum absolute atomic E-state index is 0.0842. The third kappa shape index (κ3) is 3.76. The van der Waals surface area contributed by atoms with Crippen molar-refractivity contribution in [1.82, 2.24) is 4.90 Å². The number of para-hydroxylation sites is 1. The highest BCUT2D eigenvalue weighted by Gasteiger charge is 2.20. The van der Waals surface area contributed by atoms with Crippen LogP contribution < -0.4 is 0 Å². The molecule has 3 nitrogen and oxygen atoms in total. The first kappa shape index (κ1) is 17.3. The van der Waals surface area contributed by atoms with Crippen LogP contribution in [-0.2, 0) is 11.2 Å². The molecule has 0 fully saturated rings. The van der Waals surface area contributed by atoms with Gasteiger partial charge in [-0.3, -0.25) is 4.79 Å². The number of aryl methyl sites for hydroxylation is 3. The average Bonchev–Trinajstić information content (AvgIpc) is 3.03. The molecule has 3 heteroatoms. The van der Waals surface area contributed by atoms with Crippen LogP contribution in [0.2, 0.25) is 0 Å². The van der Waals surface area contributed by atoms with Crippen molar-refractivity contribution in [3.8, 4) is 0 Å². The van der Waals surface area contributed by atoms with Crippen molar-refractivity contribution in [3.05, 3.63) is 71.0 Å². The first-order chi connectivity index (χ1) is 12.0. The van der Waals surface area contributed by atoms with Crippen molar-refractivity contribution in [1.29, 1.82) is 0 Å². The normalized spacial score (nSPS) is 12.3. The molecule has 0 aliphatic rings. The molecule has 130 valence electrons. The van der Waals surface area contributed by atoms with Crippen molar-refractivity contribution in [2.45, 2.75) is 39.7 Å². The molecule has 3 aromatic rings. The molecular formula is C22H25NO2. The second kappa shape index (κ2) is 7.14. The Hall–Kier alpha value is -2.55. The van der Waals surface area contributed by atoms with Gasteiger partial charge >= 0.3 is 0 Å². The summed E-state index contributed by atoms with van der Waals surface area (Å²) in [5.41, 5.74) is 4.60. The molecule has 25 heavy (non-hydrogen) atoms. The molecule has 0 bridgehead atoms. The zero-order valence-corrected chi connectivity index (χ0v) is 15.4. The fraction of sp³-hybridized carbons (Fsp3) is 0.318. The lowest BCUT2D eigenvalue weighted by Crippen LogP contribution is -2.29. The topological polar surface area (TPSA) is 33.5 Å². The zero-order valence-electron chi connectivity index (χ0n) is 15.4. The fourth-order valence-electron chi connectivity index (χ4n) is 3.16. The number of benzene rings is 2. The summed E-state index contributed by atoms with van der Waals surface area (Å²) in [4.78, 5) is 14.4. The summed E-state index contributed by atoms with van der Waals surface area (Å²) in [7, 11) is 1.85. The number of hydrogen-bond donors (Lipinski definition) is 0. The Morgan fingerprint density at radius 3 is 2.60 bits per heavy atom. The lowest BCUT2D eigenvalue weighted by molar-refractivity contribution is -0.132. The molecule has 3 rings (SSSR count). The fourth-order valence-corrected chi connectivity index (χ4v) is 3.16. The van der Waals surface area contributed by atoms with Crippen LogP contribution in [0, 0.1) is 13.8 Å². The lowest BCUT2D eigenvalue weighted by Gasteiger charge is -2.23. The molecule has 2 aromatic carbocycles. The van der Waals surface area contributed by atoms with E-state index in [-0.39, 0.29) is 11.9 Å². The number of furan rings is 1. The standard InChI is InChI=1S/C22H25NO2/c1-15-9-10-18(16(2)13-15)11-12-22(24)23(4)17(3)21-14-19-7-5-6-8-20(19)25-21/h5-10,13-14,17H,11-12H2,1-4H3. The predicted octanol–water partition coefficient (Wildman–Crippen LogP) is 5.20. The minimum atomic E-state index is -0.0842. The van der Waals surface area contributed by atoms with Gasteiger partial charge in [-0.1, -0.05) is 42.0 Å². The molecule has 0 saturated heterocycles. The summed E-state index contributed by atoms with van der Waals surface area (Å²) in [5, 5.41) is 1.07. The maximum atomic E-state index is 12.6. The highest BCUT2D eigenvalue weighted by molar-refractivity contribution is 5.79. The van der Waals surface area contributed by atoms with Gasteiger partial charge in [-0.05, 0) is 50.5 Å². The molecule has 1 amide bonds. The van der Waals surface area contributed by atoms with E-state index in [1.54, 1.807) is 4.90 Å². The van der Waals surface area contributed by atoms with Crippen molar-refractivity contribution >= 4 is 16.9 Å². The third-order valence-corrected chi connectivity index (χ3v) is 4.94. The van der Waals surface area contributed by atoms with Gasteiger partial charge in [-0.2, -0.15) is 0 Å². The van der Waals surface area contributed by atoms with Gasteiger partial charge in [0, 0.05) is 18.9 Å². The summed E-state index contributed by atoms with van der Waals surface area (Å²) >= 11 is 0. The van der Waals surface area contributed by atoms with Gasteiger partial charge in [0.05, 0.1) is 6.04 Å². The monoisotopic (exact) mass is 335 g/mol. The Balaban J connectivity index is 1.66. The SMILES string of the molecule is Cc1ccc(CCC(=O)N(C)C(C)c2cc3ccccc3o2)c(C)c1. The first-order valence-electron chi connectivity index (χ1n) is 8.76. The summed E-state index contributed by atoms with van der Waals surface area (Å²) in [6.07, 6.45) is 1.27. The molecule has 0 aliphatic heterocycles. The first-order valence-corrected chi connectivity index (χ1v) is 8.76. The van der Waals surface area contributed by atoms with Crippen LogP contribution in [0.3, 0.4) is 0 Å². The van der Waals surface area contributed by atoms with Gasteiger partial charge in [-0.15, -0.1) is 0 Å². The van der Waals surface area contributed by atoms with Gasteiger partial charge in [0.15, 0.2) is 0 Å². The summed E-state index contributed by atoms with van der Waals surface area (Å²) < 4.78 is 5.90. The molecule has 0 spiro atoms. The van der Waals surface area contributed by atoms with Gasteiger partial charge in [0.25, 0.3) is 0 Å². The summed E-state index contributed by atoms with van der Waals surface area (Å²) in [6.45, 7) is 6.20. The number of carbonyl (C=O) groups excluding carboxylic acids is 1. The number of nitrogens with zero attached hydrogens (tertiary/aromatic N) is 1. The second-order valence-electron chi connectivity index (χ2n) is 6.80. The van der Waals surface area contributed by atoms with Gasteiger partial charge in [-0.25, -0.2) is 0 Å². The quantitative estimate of drug-likeness (QED) is 0.642. The third-order valence-electron chi connectivity index (χ3n) is 4.94. The largest absolute Gasteiger partial charge is 0.459 e. The second-order valence-corrected chi connectivity index (χ2v) is 6.80. The maximum absolute atomic E-state index is 12.6. The van der Waals surface area contributed by atoms with Crippen LogP contribution in [0.5, 0.6) is 0 Å². The number of hydrogen-bond acceptors (Lipinski definition) is 2. The van der Waals surface area contributed by atoms with Crippen LogP contribution in [0.15, 0.2) is 52.9 Å². The Morgan fingerprint density at radius 1 is 1.12 bits per heavy atom. The van der Waals surface area contributed by atoms with E-state index in [1.807, 2.05) is 44.3 Å². The van der Waals surface area contributed by atoms with Crippen molar-refractivity contribution in [2.75, 3.05) is 7.05 Å². The van der Waals surface area contributed by atoms with E-state index in [4.69, 9.17) is 4.42 Å². The smallest absolute Gasteiger partial charge is 0.223 e.